The second-order valence-electron chi connectivity index (χ2n) is 6.60. The van der Waals surface area contributed by atoms with Gasteiger partial charge in [0.2, 0.25) is 11.6 Å². The van der Waals surface area contributed by atoms with Crippen LogP contribution in [0.25, 0.3) is 5.82 Å². The van der Waals surface area contributed by atoms with Crippen LogP contribution >= 0.6 is 11.6 Å². The molecule has 0 saturated heterocycles. The molecule has 0 bridgehead atoms. The lowest BCUT2D eigenvalue weighted by molar-refractivity contribution is 0.0946. The third kappa shape index (κ3) is 4.73. The molecule has 2 aromatic carbocycles. The van der Waals surface area contributed by atoms with Gasteiger partial charge in [-0.05, 0) is 52.6 Å². The van der Waals surface area contributed by atoms with Gasteiger partial charge in [0.1, 0.15) is 12.4 Å². The molecule has 0 fully saturated rings. The maximum atomic E-state index is 12.6. The van der Waals surface area contributed by atoms with E-state index in [9.17, 15) is 4.79 Å². The second-order valence-corrected chi connectivity index (χ2v) is 7.03. The molecular formula is C20H17ClN8O3. The fourth-order valence-corrected chi connectivity index (χ4v) is 2.88. The number of anilines is 1. The van der Waals surface area contributed by atoms with E-state index in [4.69, 9.17) is 22.1 Å². The zero-order valence-electron chi connectivity index (χ0n) is 16.8. The number of nitrogens with one attached hydrogen (secondary N) is 1. The number of hydrogen-bond acceptors (Lipinski definition) is 9. The Kier molecular flexibility index (Phi) is 6.08. The summed E-state index contributed by atoms with van der Waals surface area (Å²) in [5.74, 6) is 0.136. The largest absolute Gasteiger partial charge is 0.489 e. The molecule has 0 aliphatic carbocycles. The normalized spacial score (nSPS) is 11.1. The number of carbonyl (C=O) groups excluding carboxylic acids is 1. The Morgan fingerprint density at radius 1 is 1.28 bits per heavy atom. The molecule has 0 unspecified atom stereocenters. The number of aromatic nitrogens is 5. The highest BCUT2D eigenvalue weighted by Gasteiger charge is 2.22. The smallest absolute Gasteiger partial charge is 0.292 e. The van der Waals surface area contributed by atoms with Gasteiger partial charge in [-0.2, -0.15) is 9.78 Å². The Morgan fingerprint density at radius 2 is 2.09 bits per heavy atom. The number of benzene rings is 2. The van der Waals surface area contributed by atoms with Gasteiger partial charge in [0.05, 0.1) is 11.9 Å². The number of nitrogens with zero attached hydrogens (tertiary/aromatic N) is 6. The Balaban J connectivity index is 1.41. The van der Waals surface area contributed by atoms with Crippen molar-refractivity contribution >= 4 is 29.5 Å². The molecular weight excluding hydrogens is 436 g/mol. The fraction of sp³-hybridized carbons (Fsp3) is 0.100. The van der Waals surface area contributed by atoms with Gasteiger partial charge >= 0.3 is 0 Å². The van der Waals surface area contributed by atoms with Gasteiger partial charge in [0.15, 0.2) is 5.69 Å². The minimum Gasteiger partial charge on any atom is -0.489 e. The van der Waals surface area contributed by atoms with Crippen molar-refractivity contribution in [1.29, 1.82) is 0 Å². The van der Waals surface area contributed by atoms with Gasteiger partial charge in [-0.25, -0.2) is 10.1 Å². The van der Waals surface area contributed by atoms with Crippen LogP contribution in [-0.4, -0.2) is 37.4 Å². The van der Waals surface area contributed by atoms with Crippen LogP contribution in [-0.2, 0) is 6.61 Å². The van der Waals surface area contributed by atoms with Crippen molar-refractivity contribution in [2.24, 2.45) is 5.10 Å². The first-order chi connectivity index (χ1) is 15.5. The molecule has 2 aromatic heterocycles. The topological polar surface area (TPSA) is 146 Å². The molecule has 4 rings (SSSR count). The summed E-state index contributed by atoms with van der Waals surface area (Å²) in [7, 11) is 0. The van der Waals surface area contributed by atoms with E-state index in [0.717, 1.165) is 15.8 Å². The van der Waals surface area contributed by atoms with Crippen molar-refractivity contribution in [2.45, 2.75) is 13.5 Å². The number of hydrazone groups is 1. The molecule has 162 valence electrons. The average molecular weight is 453 g/mol. The van der Waals surface area contributed by atoms with Crippen LogP contribution in [0.15, 0.2) is 58.3 Å². The Labute approximate surface area is 186 Å². The average Bonchev–Trinajstić information content (AvgIpc) is 3.38. The predicted molar refractivity (Wildman–Crippen MR) is 116 cm³/mol. The van der Waals surface area contributed by atoms with Crippen molar-refractivity contribution in [3.63, 3.8) is 0 Å². The van der Waals surface area contributed by atoms with Crippen LogP contribution < -0.4 is 15.9 Å². The number of rotatable bonds is 7. The summed E-state index contributed by atoms with van der Waals surface area (Å²) in [6, 6.07) is 14.7. The summed E-state index contributed by atoms with van der Waals surface area (Å²) in [6.07, 6.45) is 1.49. The summed E-state index contributed by atoms with van der Waals surface area (Å²) < 4.78 is 11.5. The predicted octanol–water partition coefficient (Wildman–Crippen LogP) is 2.54. The van der Waals surface area contributed by atoms with E-state index in [-0.39, 0.29) is 17.3 Å². The number of aryl methyl sites for hydroxylation is 1. The summed E-state index contributed by atoms with van der Waals surface area (Å²) in [4.78, 5) is 12.6. The SMILES string of the molecule is Cc1nnn(-c2nonc2N)c1C(=O)N/N=C/c1cccc(OCc2ccc(Cl)cc2)c1. The van der Waals surface area contributed by atoms with E-state index in [1.165, 1.54) is 6.21 Å². The van der Waals surface area contributed by atoms with Gasteiger partial charge in [-0.15, -0.1) is 5.10 Å². The standard InChI is InChI=1S/C20H17ClN8O3/c1-12-17(29(28-24-12)19-18(22)26-32-27-19)20(30)25-23-10-14-3-2-4-16(9-14)31-11-13-5-7-15(21)8-6-13/h2-10H,11H2,1H3,(H2,22,26)(H,25,30)/b23-10+. The van der Waals surface area contributed by atoms with Crippen LogP contribution in [0.5, 0.6) is 5.75 Å². The molecule has 2 heterocycles. The second kappa shape index (κ2) is 9.27. The molecule has 0 spiro atoms. The number of ether oxygens (including phenoxy) is 1. The first-order valence-electron chi connectivity index (χ1n) is 9.32. The summed E-state index contributed by atoms with van der Waals surface area (Å²) in [6.45, 7) is 2.01. The molecule has 0 aliphatic heterocycles. The third-order valence-electron chi connectivity index (χ3n) is 4.31. The number of hydrogen-bond donors (Lipinski definition) is 2. The molecule has 0 saturated carbocycles. The lowest BCUT2D eigenvalue weighted by Gasteiger charge is -2.07. The third-order valence-corrected chi connectivity index (χ3v) is 4.56. The van der Waals surface area contributed by atoms with E-state index in [1.807, 2.05) is 42.5 Å². The molecule has 12 heteroatoms. The van der Waals surface area contributed by atoms with E-state index >= 15 is 0 Å². The van der Waals surface area contributed by atoms with Crippen molar-refractivity contribution < 1.29 is 14.2 Å². The highest BCUT2D eigenvalue weighted by atomic mass is 35.5. The first-order valence-corrected chi connectivity index (χ1v) is 9.70. The zero-order chi connectivity index (χ0) is 22.5. The van der Waals surface area contributed by atoms with Crippen LogP contribution in [0.4, 0.5) is 5.82 Å². The van der Waals surface area contributed by atoms with E-state index < -0.39 is 5.91 Å². The summed E-state index contributed by atoms with van der Waals surface area (Å²) >= 11 is 5.89. The number of nitrogen functional groups attached to an aromatic ring is 1. The van der Waals surface area contributed by atoms with Crippen LogP contribution in [0, 0.1) is 6.92 Å². The van der Waals surface area contributed by atoms with Crippen LogP contribution in [0.2, 0.25) is 5.02 Å². The van der Waals surface area contributed by atoms with Gasteiger partial charge in [0, 0.05) is 5.02 Å². The van der Waals surface area contributed by atoms with Crippen molar-refractivity contribution in [3.05, 3.63) is 76.1 Å². The van der Waals surface area contributed by atoms with Crippen molar-refractivity contribution in [2.75, 3.05) is 5.73 Å². The first kappa shape index (κ1) is 21.0. The van der Waals surface area contributed by atoms with Crippen LogP contribution in [0.1, 0.15) is 27.3 Å². The molecule has 11 nitrogen and oxygen atoms in total. The molecule has 1 amide bonds. The van der Waals surface area contributed by atoms with Crippen molar-refractivity contribution in [3.8, 4) is 11.6 Å². The zero-order valence-corrected chi connectivity index (χ0v) is 17.5. The fourth-order valence-electron chi connectivity index (χ4n) is 2.75. The number of halogens is 1. The van der Waals surface area contributed by atoms with E-state index in [1.54, 1.807) is 13.0 Å². The quantitative estimate of drug-likeness (QED) is 0.321. The Hall–Kier alpha value is -4.25. The van der Waals surface area contributed by atoms with Gasteiger partial charge in [-0.3, -0.25) is 4.79 Å². The lowest BCUT2D eigenvalue weighted by Crippen LogP contribution is -2.22. The molecule has 0 atom stereocenters. The minimum absolute atomic E-state index is 0.0251. The number of carbonyl (C=O) groups is 1. The molecule has 0 radical (unpaired) electrons. The maximum absolute atomic E-state index is 12.6. The van der Waals surface area contributed by atoms with E-state index in [0.29, 0.717) is 23.1 Å². The summed E-state index contributed by atoms with van der Waals surface area (Å²) in [5.41, 5.74) is 10.3. The monoisotopic (exact) mass is 452 g/mol. The Bertz CT molecular complexity index is 1270. The molecule has 4 aromatic rings. The molecule has 0 aliphatic rings. The number of nitrogens with two attached hydrogens (primary N) is 1. The van der Waals surface area contributed by atoms with Gasteiger partial charge < -0.3 is 10.5 Å². The van der Waals surface area contributed by atoms with Gasteiger partial charge in [-0.1, -0.05) is 41.1 Å². The lowest BCUT2D eigenvalue weighted by atomic mass is 10.2. The van der Waals surface area contributed by atoms with Crippen LogP contribution in [0.3, 0.4) is 0 Å². The van der Waals surface area contributed by atoms with Crippen molar-refractivity contribution in [1.82, 2.24) is 30.7 Å². The van der Waals surface area contributed by atoms with Gasteiger partial charge in [0.25, 0.3) is 5.91 Å². The molecule has 3 N–H and O–H groups in total. The highest BCUT2D eigenvalue weighted by Crippen LogP contribution is 2.17. The van der Waals surface area contributed by atoms with E-state index in [2.05, 4.69) is 35.8 Å². The molecule has 32 heavy (non-hydrogen) atoms. The maximum Gasteiger partial charge on any atom is 0.292 e. The highest BCUT2D eigenvalue weighted by molar-refractivity contribution is 6.30. The number of amides is 1. The summed E-state index contributed by atoms with van der Waals surface area (Å²) in [5, 5.41) is 19.5. The Morgan fingerprint density at radius 3 is 2.84 bits per heavy atom. The minimum atomic E-state index is -0.554.